The Labute approximate surface area is 102 Å². The second-order valence-electron chi connectivity index (χ2n) is 4.50. The van der Waals surface area contributed by atoms with E-state index in [1.54, 1.807) is 6.20 Å². The SMILES string of the molecule is CNCC1CCN(Cc2ncc(Cl)n2C)C1. The molecule has 1 aromatic rings. The molecule has 0 saturated carbocycles. The zero-order valence-corrected chi connectivity index (χ0v) is 10.7. The van der Waals surface area contributed by atoms with Gasteiger partial charge in [-0.3, -0.25) is 4.90 Å². The average molecular weight is 243 g/mol. The molecular formula is C11H19ClN4. The fourth-order valence-corrected chi connectivity index (χ4v) is 2.43. The van der Waals surface area contributed by atoms with Crippen molar-refractivity contribution >= 4 is 11.6 Å². The minimum absolute atomic E-state index is 0.709. The molecule has 1 saturated heterocycles. The number of hydrogen-bond acceptors (Lipinski definition) is 3. The first-order valence-electron chi connectivity index (χ1n) is 5.73. The summed E-state index contributed by atoms with van der Waals surface area (Å²) in [6, 6.07) is 0. The van der Waals surface area contributed by atoms with Crippen LogP contribution in [0.25, 0.3) is 0 Å². The second kappa shape index (κ2) is 5.17. The topological polar surface area (TPSA) is 33.1 Å². The van der Waals surface area contributed by atoms with E-state index in [1.807, 2.05) is 18.7 Å². The molecule has 0 spiro atoms. The van der Waals surface area contributed by atoms with Gasteiger partial charge >= 0.3 is 0 Å². The third kappa shape index (κ3) is 2.56. The lowest BCUT2D eigenvalue weighted by Crippen LogP contribution is -2.25. The molecule has 1 unspecified atom stereocenters. The number of nitrogens with zero attached hydrogens (tertiary/aromatic N) is 3. The summed E-state index contributed by atoms with van der Waals surface area (Å²) in [5.74, 6) is 1.83. The average Bonchev–Trinajstić information content (AvgIpc) is 2.82. The summed E-state index contributed by atoms with van der Waals surface area (Å²) in [6.45, 7) is 4.34. The van der Waals surface area contributed by atoms with Gasteiger partial charge in [0.25, 0.3) is 0 Å². The Balaban J connectivity index is 1.89. The van der Waals surface area contributed by atoms with E-state index < -0.39 is 0 Å². The van der Waals surface area contributed by atoms with Gasteiger partial charge in [-0.2, -0.15) is 0 Å². The van der Waals surface area contributed by atoms with E-state index in [-0.39, 0.29) is 0 Å². The molecule has 0 radical (unpaired) electrons. The Bertz CT molecular complexity index is 350. The minimum atomic E-state index is 0.709. The summed E-state index contributed by atoms with van der Waals surface area (Å²) in [5, 5.41) is 3.95. The number of likely N-dealkylation sites (tertiary alicyclic amines) is 1. The molecular weight excluding hydrogens is 224 g/mol. The molecule has 5 heteroatoms. The van der Waals surface area contributed by atoms with Gasteiger partial charge in [0.15, 0.2) is 0 Å². The van der Waals surface area contributed by atoms with Gasteiger partial charge in [-0.25, -0.2) is 4.98 Å². The molecule has 2 rings (SSSR count). The number of imidazole rings is 1. The maximum Gasteiger partial charge on any atom is 0.128 e. The van der Waals surface area contributed by atoms with E-state index in [4.69, 9.17) is 11.6 Å². The zero-order valence-electron chi connectivity index (χ0n) is 9.91. The van der Waals surface area contributed by atoms with E-state index in [0.29, 0.717) is 5.15 Å². The van der Waals surface area contributed by atoms with Crippen molar-refractivity contribution in [3.05, 3.63) is 17.2 Å². The van der Waals surface area contributed by atoms with Crippen LogP contribution in [0.2, 0.25) is 5.15 Å². The van der Waals surface area contributed by atoms with Crippen molar-refractivity contribution < 1.29 is 0 Å². The molecule has 1 aliphatic heterocycles. The number of aromatic nitrogens is 2. The number of hydrogen-bond donors (Lipinski definition) is 1. The third-order valence-electron chi connectivity index (χ3n) is 3.26. The highest BCUT2D eigenvalue weighted by Gasteiger charge is 2.22. The van der Waals surface area contributed by atoms with Crippen molar-refractivity contribution in [2.75, 3.05) is 26.7 Å². The van der Waals surface area contributed by atoms with Crippen LogP contribution in [0.5, 0.6) is 0 Å². The van der Waals surface area contributed by atoms with Gasteiger partial charge in [0, 0.05) is 13.6 Å². The molecule has 2 heterocycles. The van der Waals surface area contributed by atoms with E-state index in [9.17, 15) is 0 Å². The van der Waals surface area contributed by atoms with Gasteiger partial charge in [-0.1, -0.05) is 11.6 Å². The van der Waals surface area contributed by atoms with Crippen LogP contribution in [0.15, 0.2) is 6.20 Å². The molecule has 4 nitrogen and oxygen atoms in total. The normalized spacial score (nSPS) is 21.8. The highest BCUT2D eigenvalue weighted by atomic mass is 35.5. The molecule has 1 aromatic heterocycles. The van der Waals surface area contributed by atoms with Gasteiger partial charge in [0.05, 0.1) is 12.7 Å². The highest BCUT2D eigenvalue weighted by Crippen LogP contribution is 2.18. The van der Waals surface area contributed by atoms with Gasteiger partial charge in [0.2, 0.25) is 0 Å². The van der Waals surface area contributed by atoms with Crippen molar-refractivity contribution in [3.63, 3.8) is 0 Å². The summed E-state index contributed by atoms with van der Waals surface area (Å²) in [6.07, 6.45) is 3.00. The van der Waals surface area contributed by atoms with Crippen molar-refractivity contribution in [1.82, 2.24) is 19.8 Å². The summed E-state index contributed by atoms with van der Waals surface area (Å²) < 4.78 is 1.95. The highest BCUT2D eigenvalue weighted by molar-refractivity contribution is 6.29. The molecule has 1 fully saturated rings. The monoisotopic (exact) mass is 242 g/mol. The predicted molar refractivity (Wildman–Crippen MR) is 65.5 cm³/mol. The first-order valence-corrected chi connectivity index (χ1v) is 6.11. The van der Waals surface area contributed by atoms with Crippen LogP contribution >= 0.6 is 11.6 Å². The summed E-state index contributed by atoms with van der Waals surface area (Å²) in [7, 11) is 3.98. The minimum Gasteiger partial charge on any atom is -0.321 e. The fourth-order valence-electron chi connectivity index (χ4n) is 2.28. The lowest BCUT2D eigenvalue weighted by molar-refractivity contribution is 0.304. The molecule has 1 aliphatic rings. The van der Waals surface area contributed by atoms with E-state index in [1.165, 1.54) is 6.42 Å². The van der Waals surface area contributed by atoms with E-state index >= 15 is 0 Å². The molecule has 0 aliphatic carbocycles. The predicted octanol–water partition coefficient (Wildman–Crippen LogP) is 1.11. The third-order valence-corrected chi connectivity index (χ3v) is 3.61. The zero-order chi connectivity index (χ0) is 11.5. The summed E-state index contributed by atoms with van der Waals surface area (Å²) in [5.41, 5.74) is 0. The number of halogens is 1. The number of rotatable bonds is 4. The van der Waals surface area contributed by atoms with Crippen LogP contribution in [-0.4, -0.2) is 41.1 Å². The Kier molecular flexibility index (Phi) is 3.84. The summed E-state index contributed by atoms with van der Waals surface area (Å²) in [4.78, 5) is 6.77. The second-order valence-corrected chi connectivity index (χ2v) is 4.89. The van der Waals surface area contributed by atoms with Gasteiger partial charge in [-0.05, 0) is 32.5 Å². The lowest BCUT2D eigenvalue weighted by Gasteiger charge is -2.15. The molecule has 90 valence electrons. The van der Waals surface area contributed by atoms with Crippen molar-refractivity contribution in [2.24, 2.45) is 13.0 Å². The van der Waals surface area contributed by atoms with Gasteiger partial charge in [0.1, 0.15) is 11.0 Å². The number of nitrogens with one attached hydrogen (secondary N) is 1. The first kappa shape index (κ1) is 11.9. The largest absolute Gasteiger partial charge is 0.321 e. The maximum absolute atomic E-state index is 5.97. The Morgan fingerprint density at radius 2 is 2.44 bits per heavy atom. The van der Waals surface area contributed by atoms with Crippen molar-refractivity contribution in [2.45, 2.75) is 13.0 Å². The standard InChI is InChI=1S/C11H19ClN4/c1-13-5-9-3-4-16(7-9)8-11-14-6-10(12)15(11)2/h6,9,13H,3-5,7-8H2,1-2H3. The van der Waals surface area contributed by atoms with Crippen LogP contribution < -0.4 is 5.32 Å². The van der Waals surface area contributed by atoms with E-state index in [0.717, 1.165) is 37.9 Å². The van der Waals surface area contributed by atoms with Crippen molar-refractivity contribution in [3.8, 4) is 0 Å². The molecule has 1 atom stereocenters. The van der Waals surface area contributed by atoms with Crippen molar-refractivity contribution in [1.29, 1.82) is 0 Å². The molecule has 1 N–H and O–H groups in total. The van der Waals surface area contributed by atoms with Gasteiger partial charge < -0.3 is 9.88 Å². The van der Waals surface area contributed by atoms with Crippen LogP contribution in [-0.2, 0) is 13.6 Å². The molecule has 0 amide bonds. The van der Waals surface area contributed by atoms with Crippen LogP contribution in [0.3, 0.4) is 0 Å². The Morgan fingerprint density at radius 3 is 3.06 bits per heavy atom. The molecule has 0 bridgehead atoms. The summed E-state index contributed by atoms with van der Waals surface area (Å²) >= 11 is 5.97. The molecule has 0 aromatic carbocycles. The van der Waals surface area contributed by atoms with Crippen LogP contribution in [0.1, 0.15) is 12.2 Å². The Hall–Kier alpha value is -0.580. The Morgan fingerprint density at radius 1 is 1.62 bits per heavy atom. The lowest BCUT2D eigenvalue weighted by atomic mass is 10.1. The smallest absolute Gasteiger partial charge is 0.128 e. The van der Waals surface area contributed by atoms with E-state index in [2.05, 4.69) is 15.2 Å². The fraction of sp³-hybridized carbons (Fsp3) is 0.727. The quantitative estimate of drug-likeness (QED) is 0.859. The molecule has 16 heavy (non-hydrogen) atoms. The maximum atomic E-state index is 5.97. The van der Waals surface area contributed by atoms with Crippen LogP contribution in [0.4, 0.5) is 0 Å². The van der Waals surface area contributed by atoms with Crippen LogP contribution in [0, 0.1) is 5.92 Å². The van der Waals surface area contributed by atoms with Gasteiger partial charge in [-0.15, -0.1) is 0 Å². The first-order chi connectivity index (χ1) is 7.70.